The summed E-state index contributed by atoms with van der Waals surface area (Å²) < 4.78 is 10.8. The monoisotopic (exact) mass is 493 g/mol. The van der Waals surface area contributed by atoms with Gasteiger partial charge in [-0.2, -0.15) is 0 Å². The van der Waals surface area contributed by atoms with Crippen LogP contribution in [0.15, 0.2) is 59.6 Å². The number of esters is 1. The van der Waals surface area contributed by atoms with Crippen LogP contribution in [0.25, 0.3) is 0 Å². The number of benzene rings is 2. The Morgan fingerprint density at radius 3 is 2.28 bits per heavy atom. The Hall–Kier alpha value is -3.08. The Kier molecular flexibility index (Phi) is 14.1. The van der Waals surface area contributed by atoms with Gasteiger partial charge in [-0.3, -0.25) is 4.99 Å². The molecule has 0 unspecified atom stereocenters. The molecule has 0 aliphatic heterocycles. The van der Waals surface area contributed by atoms with E-state index in [1.54, 1.807) is 19.2 Å². The van der Waals surface area contributed by atoms with Crippen LogP contribution in [0.3, 0.4) is 0 Å². The molecule has 0 amide bonds. The summed E-state index contributed by atoms with van der Waals surface area (Å²) in [6, 6.07) is 13.6. The van der Waals surface area contributed by atoms with E-state index in [4.69, 9.17) is 9.47 Å². The first-order valence-electron chi connectivity index (χ1n) is 13.4. The van der Waals surface area contributed by atoms with E-state index in [1.807, 2.05) is 24.3 Å². The van der Waals surface area contributed by atoms with E-state index in [-0.39, 0.29) is 11.7 Å². The fourth-order valence-corrected chi connectivity index (χ4v) is 3.76. The van der Waals surface area contributed by atoms with Crippen molar-refractivity contribution in [2.75, 3.05) is 13.2 Å². The van der Waals surface area contributed by atoms with Crippen molar-refractivity contribution in [2.45, 2.75) is 84.5 Å². The summed E-state index contributed by atoms with van der Waals surface area (Å²) in [6.45, 7) is 8.45. The Morgan fingerprint density at radius 2 is 1.58 bits per heavy atom. The lowest BCUT2D eigenvalue weighted by Gasteiger charge is -2.08. The summed E-state index contributed by atoms with van der Waals surface area (Å²) in [7, 11) is 0. The number of aromatic hydroxyl groups is 1. The molecule has 0 saturated carbocycles. The zero-order valence-corrected chi connectivity index (χ0v) is 22.1. The van der Waals surface area contributed by atoms with Gasteiger partial charge in [0.25, 0.3) is 0 Å². The molecule has 0 radical (unpaired) electrons. The zero-order chi connectivity index (χ0) is 26.0. The number of hydrogen-bond donors (Lipinski definition) is 1. The molecule has 2 rings (SSSR count). The zero-order valence-electron chi connectivity index (χ0n) is 22.1. The van der Waals surface area contributed by atoms with Gasteiger partial charge < -0.3 is 14.6 Å². The third-order valence-electron chi connectivity index (χ3n) is 6.00. The molecule has 2 aromatic carbocycles. The summed E-state index contributed by atoms with van der Waals surface area (Å²) in [6.07, 6.45) is 14.3. The van der Waals surface area contributed by atoms with Crippen molar-refractivity contribution < 1.29 is 19.4 Å². The molecule has 0 saturated heterocycles. The van der Waals surface area contributed by atoms with Crippen molar-refractivity contribution in [3.05, 3.63) is 65.7 Å². The highest BCUT2D eigenvalue weighted by molar-refractivity contribution is 5.87. The normalized spacial score (nSPS) is 11.1. The van der Waals surface area contributed by atoms with E-state index in [2.05, 4.69) is 30.6 Å². The molecule has 5 nitrogen and oxygen atoms in total. The maximum Gasteiger partial charge on any atom is 0.333 e. The van der Waals surface area contributed by atoms with Crippen molar-refractivity contribution in [3.63, 3.8) is 0 Å². The Balaban J connectivity index is 1.66. The molecule has 0 aromatic heterocycles. The van der Waals surface area contributed by atoms with Crippen LogP contribution in [0.1, 0.15) is 89.2 Å². The smallest absolute Gasteiger partial charge is 0.333 e. The van der Waals surface area contributed by atoms with Crippen LogP contribution >= 0.6 is 0 Å². The standard InChI is InChI=1S/C31H43NO4/c1-4-5-6-7-8-11-14-26-15-18-28(19-16-26)32-24-27-17-20-29(23-30(27)33)35-21-12-9-10-13-22-36-31(34)25(2)3/h15-20,23-24,33H,2,4-14,21-22H2,1,3H3. The van der Waals surface area contributed by atoms with Gasteiger partial charge in [-0.15, -0.1) is 0 Å². The summed E-state index contributed by atoms with van der Waals surface area (Å²) in [5.41, 5.74) is 3.30. The van der Waals surface area contributed by atoms with E-state index < -0.39 is 0 Å². The largest absolute Gasteiger partial charge is 0.507 e. The lowest BCUT2D eigenvalue weighted by atomic mass is 10.0. The average molecular weight is 494 g/mol. The van der Waals surface area contributed by atoms with Gasteiger partial charge in [0, 0.05) is 23.4 Å². The lowest BCUT2D eigenvalue weighted by molar-refractivity contribution is -0.139. The third kappa shape index (κ3) is 12.1. The van der Waals surface area contributed by atoms with Crippen molar-refractivity contribution in [2.24, 2.45) is 4.99 Å². The Morgan fingerprint density at radius 1 is 0.917 bits per heavy atom. The van der Waals surface area contributed by atoms with Gasteiger partial charge in [-0.25, -0.2) is 4.79 Å². The minimum absolute atomic E-state index is 0.148. The molecule has 2 aromatic rings. The van der Waals surface area contributed by atoms with E-state index in [0.717, 1.165) is 37.8 Å². The van der Waals surface area contributed by atoms with Crippen molar-refractivity contribution in [3.8, 4) is 11.5 Å². The van der Waals surface area contributed by atoms with Crippen molar-refractivity contribution in [1.29, 1.82) is 0 Å². The van der Waals surface area contributed by atoms with Crippen molar-refractivity contribution >= 4 is 17.9 Å². The number of hydrogen-bond acceptors (Lipinski definition) is 5. The maximum atomic E-state index is 11.3. The van der Waals surface area contributed by atoms with Gasteiger partial charge in [0.1, 0.15) is 11.5 Å². The number of unbranched alkanes of at least 4 members (excludes halogenated alkanes) is 8. The van der Waals surface area contributed by atoms with E-state index in [1.165, 1.54) is 44.1 Å². The first-order valence-corrected chi connectivity index (χ1v) is 13.4. The van der Waals surface area contributed by atoms with E-state index >= 15 is 0 Å². The van der Waals surface area contributed by atoms with Gasteiger partial charge in [0.15, 0.2) is 0 Å². The number of phenolic OH excluding ortho intramolecular Hbond substituents is 1. The molecule has 0 aliphatic rings. The Labute approximate surface area is 217 Å². The third-order valence-corrected chi connectivity index (χ3v) is 6.00. The quantitative estimate of drug-likeness (QED) is 0.0985. The predicted octanol–water partition coefficient (Wildman–Crippen LogP) is 8.10. The number of nitrogens with zero attached hydrogens (tertiary/aromatic N) is 1. The van der Waals surface area contributed by atoms with E-state index in [0.29, 0.717) is 30.1 Å². The molecule has 0 atom stereocenters. The molecule has 0 spiro atoms. The Bertz CT molecular complexity index is 950. The first-order chi connectivity index (χ1) is 17.5. The molecular formula is C31H43NO4. The minimum atomic E-state index is -0.330. The van der Waals surface area contributed by atoms with Gasteiger partial charge >= 0.3 is 5.97 Å². The van der Waals surface area contributed by atoms with Gasteiger partial charge in [0.2, 0.25) is 0 Å². The molecular weight excluding hydrogens is 450 g/mol. The maximum absolute atomic E-state index is 11.3. The number of aliphatic imine (C=N–C) groups is 1. The highest BCUT2D eigenvalue weighted by Gasteiger charge is 2.04. The van der Waals surface area contributed by atoms with E-state index in [9.17, 15) is 9.90 Å². The van der Waals surface area contributed by atoms with Crippen LogP contribution < -0.4 is 4.74 Å². The summed E-state index contributed by atoms with van der Waals surface area (Å²) in [5.74, 6) is 0.456. The van der Waals surface area contributed by atoms with Crippen LogP contribution in [0.5, 0.6) is 11.5 Å². The number of rotatable bonds is 18. The summed E-state index contributed by atoms with van der Waals surface area (Å²) >= 11 is 0. The van der Waals surface area contributed by atoms with Gasteiger partial charge in [-0.05, 0) is 75.3 Å². The lowest BCUT2D eigenvalue weighted by Crippen LogP contribution is -2.06. The van der Waals surface area contributed by atoms with Crippen LogP contribution in [-0.4, -0.2) is 30.5 Å². The molecule has 5 heteroatoms. The fraction of sp³-hybridized carbons (Fsp3) is 0.484. The fourth-order valence-electron chi connectivity index (χ4n) is 3.76. The number of carbonyl (C=O) groups is 1. The number of phenols is 1. The SMILES string of the molecule is C=C(C)C(=O)OCCCCCCOc1ccc(C=Nc2ccc(CCCCCCCC)cc2)c(O)c1. The van der Waals surface area contributed by atoms with Crippen LogP contribution in [-0.2, 0) is 16.0 Å². The molecule has 0 bridgehead atoms. The summed E-state index contributed by atoms with van der Waals surface area (Å²) in [4.78, 5) is 15.8. The average Bonchev–Trinajstić information content (AvgIpc) is 2.87. The predicted molar refractivity (Wildman–Crippen MR) is 149 cm³/mol. The van der Waals surface area contributed by atoms with Crippen LogP contribution in [0.2, 0.25) is 0 Å². The number of carbonyl (C=O) groups excluding carboxylic acids is 1. The molecule has 196 valence electrons. The minimum Gasteiger partial charge on any atom is -0.507 e. The van der Waals surface area contributed by atoms with Crippen LogP contribution in [0, 0.1) is 0 Å². The highest BCUT2D eigenvalue weighted by Crippen LogP contribution is 2.24. The second kappa shape index (κ2) is 17.4. The van der Waals surface area contributed by atoms with Crippen LogP contribution in [0.4, 0.5) is 5.69 Å². The van der Waals surface area contributed by atoms with Gasteiger partial charge in [-0.1, -0.05) is 57.7 Å². The van der Waals surface area contributed by atoms with Gasteiger partial charge in [0.05, 0.1) is 18.9 Å². The molecule has 36 heavy (non-hydrogen) atoms. The molecule has 1 N–H and O–H groups in total. The molecule has 0 heterocycles. The molecule has 0 aliphatic carbocycles. The number of aryl methyl sites for hydroxylation is 1. The second-order valence-electron chi connectivity index (χ2n) is 9.34. The van der Waals surface area contributed by atoms with Crippen molar-refractivity contribution in [1.82, 2.24) is 0 Å². The second-order valence-corrected chi connectivity index (χ2v) is 9.34. The first kappa shape index (κ1) is 29.2. The summed E-state index contributed by atoms with van der Waals surface area (Å²) in [5, 5.41) is 10.4. The highest BCUT2D eigenvalue weighted by atomic mass is 16.5. The molecule has 0 fully saturated rings. The number of ether oxygens (including phenoxy) is 2. The topological polar surface area (TPSA) is 68.1 Å².